The summed E-state index contributed by atoms with van der Waals surface area (Å²) >= 11 is 0. The van der Waals surface area contributed by atoms with Gasteiger partial charge >= 0.3 is 11.9 Å². The molecule has 0 spiro atoms. The van der Waals surface area contributed by atoms with Crippen LogP contribution in [-0.4, -0.2) is 35.1 Å². The van der Waals surface area contributed by atoms with E-state index in [2.05, 4.69) is 0 Å². The number of carboxylic acid groups (broad SMARTS) is 2. The van der Waals surface area contributed by atoms with Crippen LogP contribution in [0.2, 0.25) is 0 Å². The number of carbonyl (C=O) groups is 2. The maximum Gasteiger partial charge on any atom is 0.337 e. The third-order valence-corrected chi connectivity index (χ3v) is 3.46. The highest BCUT2D eigenvalue weighted by Gasteiger charge is 2.28. The summed E-state index contributed by atoms with van der Waals surface area (Å²) in [6.07, 6.45) is 0. The number of hydrogen-bond acceptors (Lipinski definition) is 4. The van der Waals surface area contributed by atoms with E-state index in [1.807, 2.05) is 0 Å². The number of hydrogen-bond donors (Lipinski definition) is 3. The molecule has 0 aliphatic carbocycles. The van der Waals surface area contributed by atoms with Gasteiger partial charge in [-0.15, -0.1) is 0 Å². The van der Waals surface area contributed by atoms with Gasteiger partial charge in [-0.2, -0.15) is 8.42 Å². The summed E-state index contributed by atoms with van der Waals surface area (Å²) in [6.45, 7) is 2.38. The minimum Gasteiger partial charge on any atom is -0.478 e. The van der Waals surface area contributed by atoms with Crippen LogP contribution in [0, 0.1) is 13.8 Å². The summed E-state index contributed by atoms with van der Waals surface area (Å²) in [5.41, 5.74) is -1.36. The second-order valence-electron chi connectivity index (χ2n) is 3.66. The van der Waals surface area contributed by atoms with E-state index in [0.29, 0.717) is 0 Å². The van der Waals surface area contributed by atoms with Crippen LogP contribution in [0.3, 0.4) is 0 Å². The Kier molecular flexibility index (Phi) is 3.45. The van der Waals surface area contributed by atoms with Gasteiger partial charge in [-0.05, 0) is 31.0 Å². The van der Waals surface area contributed by atoms with Gasteiger partial charge in [-0.1, -0.05) is 0 Å². The summed E-state index contributed by atoms with van der Waals surface area (Å²) < 4.78 is 31.5. The minimum atomic E-state index is -4.83. The highest BCUT2D eigenvalue weighted by atomic mass is 32.2. The lowest BCUT2D eigenvalue weighted by Crippen LogP contribution is -2.15. The Labute approximate surface area is 102 Å². The van der Waals surface area contributed by atoms with Crippen molar-refractivity contribution >= 4 is 22.1 Å². The predicted octanol–water partition coefficient (Wildman–Crippen LogP) is 0.947. The van der Waals surface area contributed by atoms with Gasteiger partial charge in [0.2, 0.25) is 0 Å². The zero-order valence-corrected chi connectivity index (χ0v) is 10.3. The Balaban J connectivity index is 3.95. The van der Waals surface area contributed by atoms with Gasteiger partial charge in [0, 0.05) is 0 Å². The molecule has 0 unspecified atom stereocenters. The lowest BCUT2D eigenvalue weighted by molar-refractivity contribution is 0.0676. The van der Waals surface area contributed by atoms with Gasteiger partial charge in [0.15, 0.2) is 0 Å². The number of carboxylic acids is 2. The molecular weight excluding hydrogens is 264 g/mol. The van der Waals surface area contributed by atoms with Gasteiger partial charge < -0.3 is 10.2 Å². The molecule has 1 aromatic carbocycles. The topological polar surface area (TPSA) is 129 Å². The van der Waals surface area contributed by atoms with E-state index in [9.17, 15) is 18.0 Å². The molecule has 7 nitrogen and oxygen atoms in total. The van der Waals surface area contributed by atoms with Crippen LogP contribution in [0.1, 0.15) is 31.8 Å². The van der Waals surface area contributed by atoms with Crippen molar-refractivity contribution in [3.8, 4) is 0 Å². The van der Waals surface area contributed by atoms with E-state index in [4.69, 9.17) is 14.8 Å². The van der Waals surface area contributed by atoms with E-state index in [1.54, 1.807) is 0 Å². The molecule has 1 rings (SSSR count). The molecule has 0 bridgehead atoms. The molecule has 0 fully saturated rings. The SMILES string of the molecule is Cc1cc(C(=O)O)c(C)c(S(=O)(=O)O)c1C(=O)O. The third-order valence-electron chi connectivity index (χ3n) is 2.43. The largest absolute Gasteiger partial charge is 0.478 e. The minimum absolute atomic E-state index is 0.0573. The lowest BCUT2D eigenvalue weighted by atomic mass is 10.00. The van der Waals surface area contributed by atoms with Crippen molar-refractivity contribution < 1.29 is 32.8 Å². The van der Waals surface area contributed by atoms with Crippen LogP contribution in [-0.2, 0) is 10.1 Å². The van der Waals surface area contributed by atoms with Gasteiger partial charge in [-0.3, -0.25) is 4.55 Å². The Morgan fingerprint density at radius 3 is 1.94 bits per heavy atom. The van der Waals surface area contributed by atoms with Crippen molar-refractivity contribution in [1.82, 2.24) is 0 Å². The molecule has 8 heteroatoms. The molecular formula is C10H10O7S. The molecule has 0 atom stereocenters. The van der Waals surface area contributed by atoms with Crippen molar-refractivity contribution in [1.29, 1.82) is 0 Å². The molecule has 3 N–H and O–H groups in total. The molecule has 18 heavy (non-hydrogen) atoms. The molecule has 0 saturated carbocycles. The van der Waals surface area contributed by atoms with Crippen LogP contribution < -0.4 is 0 Å². The maximum atomic E-state index is 11.2. The van der Waals surface area contributed by atoms with Gasteiger partial charge in [0.25, 0.3) is 10.1 Å². The number of rotatable bonds is 3. The first-order valence-corrected chi connectivity index (χ1v) is 6.09. The molecule has 0 heterocycles. The first-order chi connectivity index (χ1) is 8.07. The molecule has 0 aromatic heterocycles. The summed E-state index contributed by atoms with van der Waals surface area (Å²) in [5, 5.41) is 17.8. The maximum absolute atomic E-state index is 11.2. The van der Waals surface area contributed by atoms with Crippen LogP contribution in [0.5, 0.6) is 0 Å². The van der Waals surface area contributed by atoms with Gasteiger partial charge in [0.05, 0.1) is 11.1 Å². The molecule has 0 aliphatic rings. The van der Waals surface area contributed by atoms with Crippen LogP contribution in [0.15, 0.2) is 11.0 Å². The second kappa shape index (κ2) is 4.39. The van der Waals surface area contributed by atoms with Crippen molar-refractivity contribution in [2.45, 2.75) is 18.7 Å². The fourth-order valence-electron chi connectivity index (χ4n) is 1.70. The summed E-state index contributed by atoms with van der Waals surface area (Å²) in [6, 6.07) is 1.05. The molecule has 0 aliphatic heterocycles. The first kappa shape index (κ1) is 14.1. The van der Waals surface area contributed by atoms with Gasteiger partial charge in [-0.25, -0.2) is 9.59 Å². The van der Waals surface area contributed by atoms with Crippen molar-refractivity contribution in [3.63, 3.8) is 0 Å². The second-order valence-corrected chi connectivity index (χ2v) is 5.01. The zero-order valence-electron chi connectivity index (χ0n) is 9.46. The Morgan fingerprint density at radius 2 is 1.61 bits per heavy atom. The quantitative estimate of drug-likeness (QED) is 0.699. The highest BCUT2D eigenvalue weighted by Crippen LogP contribution is 2.27. The van der Waals surface area contributed by atoms with Crippen molar-refractivity contribution in [2.24, 2.45) is 0 Å². The van der Waals surface area contributed by atoms with E-state index in [1.165, 1.54) is 6.92 Å². The molecule has 0 saturated heterocycles. The third kappa shape index (κ3) is 2.34. The molecule has 0 radical (unpaired) electrons. The first-order valence-electron chi connectivity index (χ1n) is 4.65. The summed E-state index contributed by atoms with van der Waals surface area (Å²) in [5.74, 6) is -2.96. The molecule has 0 amide bonds. The van der Waals surface area contributed by atoms with E-state index < -0.39 is 32.5 Å². The average molecular weight is 274 g/mol. The number of aryl methyl sites for hydroxylation is 1. The van der Waals surface area contributed by atoms with E-state index >= 15 is 0 Å². The van der Waals surface area contributed by atoms with Crippen molar-refractivity contribution in [3.05, 3.63) is 28.3 Å². The number of aromatic carboxylic acids is 2. The van der Waals surface area contributed by atoms with Crippen LogP contribution >= 0.6 is 0 Å². The normalized spacial score (nSPS) is 11.3. The zero-order chi connectivity index (χ0) is 14.2. The van der Waals surface area contributed by atoms with Crippen LogP contribution in [0.4, 0.5) is 0 Å². The monoisotopic (exact) mass is 274 g/mol. The average Bonchev–Trinajstić information content (AvgIpc) is 2.17. The Morgan fingerprint density at radius 1 is 1.11 bits per heavy atom. The predicted molar refractivity (Wildman–Crippen MR) is 59.6 cm³/mol. The molecule has 1 aromatic rings. The standard InChI is InChI=1S/C10H10O7S/c1-4-3-6(9(11)12)5(2)8(18(15,16)17)7(4)10(13)14/h3H,1-2H3,(H,11,12)(H,13,14)(H,15,16,17). The fourth-order valence-corrected chi connectivity index (χ4v) is 2.70. The van der Waals surface area contributed by atoms with Gasteiger partial charge in [0.1, 0.15) is 4.90 Å². The highest BCUT2D eigenvalue weighted by molar-refractivity contribution is 7.86. The number of benzene rings is 1. The molecule has 98 valence electrons. The van der Waals surface area contributed by atoms with E-state index in [0.717, 1.165) is 13.0 Å². The van der Waals surface area contributed by atoms with Crippen LogP contribution in [0.25, 0.3) is 0 Å². The smallest absolute Gasteiger partial charge is 0.337 e. The lowest BCUT2D eigenvalue weighted by Gasteiger charge is -2.12. The van der Waals surface area contributed by atoms with Crippen molar-refractivity contribution in [2.75, 3.05) is 0 Å². The van der Waals surface area contributed by atoms with E-state index in [-0.39, 0.29) is 16.7 Å². The Hall–Kier alpha value is -1.93. The fraction of sp³-hybridized carbons (Fsp3) is 0.200. The summed E-state index contributed by atoms with van der Waals surface area (Å²) in [4.78, 5) is 21.0. The Bertz CT molecular complexity index is 643. The summed E-state index contributed by atoms with van der Waals surface area (Å²) in [7, 11) is -4.83.